The van der Waals surface area contributed by atoms with Crippen LogP contribution in [-0.4, -0.2) is 9.86 Å². The highest BCUT2D eigenvalue weighted by Gasteiger charge is 2.64. The van der Waals surface area contributed by atoms with Crippen LogP contribution in [0.5, 0.6) is 0 Å². The smallest absolute Gasteiger partial charge is 0.186 e. The number of rotatable bonds is 6. The van der Waals surface area contributed by atoms with E-state index in [-0.39, 0.29) is 4.75 Å². The zero-order valence-corrected chi connectivity index (χ0v) is 22.3. The SMILES string of the molecule is CC(=O)S[C@]12CCCC[C@]1(C)[C@H]1CC[C@]3(C)[C@@H]([C@H](C)CCCC(C)C)CC[C@H]3[C@@H]1CC2. The van der Waals surface area contributed by atoms with E-state index in [1.54, 1.807) is 11.8 Å². The fourth-order valence-corrected chi connectivity index (χ4v) is 11.3. The first-order valence-corrected chi connectivity index (χ1v) is 14.6. The van der Waals surface area contributed by atoms with Crippen molar-refractivity contribution < 1.29 is 4.79 Å². The number of carbonyl (C=O) groups is 1. The van der Waals surface area contributed by atoms with Crippen LogP contribution in [0.3, 0.4) is 0 Å². The van der Waals surface area contributed by atoms with Gasteiger partial charge in [0.05, 0.1) is 0 Å². The molecule has 0 aromatic carbocycles. The van der Waals surface area contributed by atoms with E-state index in [1.165, 1.54) is 83.5 Å². The molecule has 4 rings (SSSR count). The predicted molar refractivity (Wildman–Crippen MR) is 135 cm³/mol. The minimum Gasteiger partial charge on any atom is -0.288 e. The van der Waals surface area contributed by atoms with Crippen molar-refractivity contribution in [3.8, 4) is 0 Å². The van der Waals surface area contributed by atoms with E-state index in [2.05, 4.69) is 34.6 Å². The maximum absolute atomic E-state index is 12.3. The summed E-state index contributed by atoms with van der Waals surface area (Å²) in [6, 6.07) is 0. The molecule has 2 heteroatoms. The van der Waals surface area contributed by atoms with E-state index in [0.29, 0.717) is 15.9 Å². The van der Waals surface area contributed by atoms with E-state index in [9.17, 15) is 4.79 Å². The molecule has 178 valence electrons. The molecule has 4 fully saturated rings. The molecule has 0 N–H and O–H groups in total. The molecule has 4 saturated carbocycles. The lowest BCUT2D eigenvalue weighted by Gasteiger charge is -2.65. The average molecular weight is 447 g/mol. The third-order valence-electron chi connectivity index (χ3n) is 11.2. The summed E-state index contributed by atoms with van der Waals surface area (Å²) in [6.45, 7) is 14.5. The van der Waals surface area contributed by atoms with Crippen molar-refractivity contribution in [2.75, 3.05) is 0 Å². The number of hydrogen-bond acceptors (Lipinski definition) is 2. The fourth-order valence-electron chi connectivity index (χ4n) is 9.75. The molecule has 4 aliphatic rings. The van der Waals surface area contributed by atoms with Crippen molar-refractivity contribution in [3.63, 3.8) is 0 Å². The second kappa shape index (κ2) is 8.99. The third kappa shape index (κ3) is 4.08. The van der Waals surface area contributed by atoms with E-state index in [0.717, 1.165) is 35.5 Å². The van der Waals surface area contributed by atoms with Crippen LogP contribution in [0.4, 0.5) is 0 Å². The molecule has 0 saturated heterocycles. The zero-order valence-electron chi connectivity index (χ0n) is 21.5. The van der Waals surface area contributed by atoms with E-state index >= 15 is 0 Å². The predicted octanol–water partition coefficient (Wildman–Crippen LogP) is 8.90. The summed E-state index contributed by atoms with van der Waals surface area (Å²) >= 11 is 1.76. The molecule has 0 bridgehead atoms. The molecule has 0 aromatic heterocycles. The Morgan fingerprint density at radius 2 is 1.65 bits per heavy atom. The van der Waals surface area contributed by atoms with Crippen LogP contribution in [0.1, 0.15) is 125 Å². The van der Waals surface area contributed by atoms with Gasteiger partial charge in [0.1, 0.15) is 0 Å². The Morgan fingerprint density at radius 3 is 2.35 bits per heavy atom. The van der Waals surface area contributed by atoms with E-state index in [4.69, 9.17) is 0 Å². The summed E-state index contributed by atoms with van der Waals surface area (Å²) in [7, 11) is 0. The quantitative estimate of drug-likeness (QED) is 0.405. The summed E-state index contributed by atoms with van der Waals surface area (Å²) in [6.07, 6.45) is 18.2. The number of thioether (sulfide) groups is 1. The molecule has 0 aromatic rings. The van der Waals surface area contributed by atoms with Crippen LogP contribution >= 0.6 is 11.8 Å². The van der Waals surface area contributed by atoms with Gasteiger partial charge in [-0.05, 0) is 97.7 Å². The standard InChI is InChI=1S/C29H50OS/c1-20(2)10-9-11-21(3)24-12-13-25-23-14-19-29(31-22(4)30)17-8-7-16-28(29,6)26(23)15-18-27(24,25)5/h20-21,23-26H,7-19H2,1-6H3/t21-,23+,24-,25+,26+,27-,28-,29+/m1/s1. The van der Waals surface area contributed by atoms with Gasteiger partial charge < -0.3 is 0 Å². The van der Waals surface area contributed by atoms with Gasteiger partial charge >= 0.3 is 0 Å². The largest absolute Gasteiger partial charge is 0.288 e. The van der Waals surface area contributed by atoms with E-state index in [1.807, 2.05) is 6.92 Å². The van der Waals surface area contributed by atoms with Gasteiger partial charge in [0, 0.05) is 11.7 Å². The fraction of sp³-hybridized carbons (Fsp3) is 0.966. The molecular formula is C29H50OS. The highest BCUT2D eigenvalue weighted by molar-refractivity contribution is 8.14. The van der Waals surface area contributed by atoms with Gasteiger partial charge in [-0.2, -0.15) is 0 Å². The van der Waals surface area contributed by atoms with Gasteiger partial charge in [0.15, 0.2) is 5.12 Å². The van der Waals surface area contributed by atoms with Gasteiger partial charge in [-0.1, -0.05) is 78.5 Å². The average Bonchev–Trinajstić information content (AvgIpc) is 3.04. The molecular weight excluding hydrogens is 396 g/mol. The third-order valence-corrected chi connectivity index (χ3v) is 12.8. The first-order chi connectivity index (χ1) is 14.6. The molecule has 0 amide bonds. The Hall–Kier alpha value is 0.0200. The highest BCUT2D eigenvalue weighted by Crippen LogP contribution is 2.71. The minimum absolute atomic E-state index is 0.244. The van der Waals surface area contributed by atoms with Crippen molar-refractivity contribution >= 4 is 16.9 Å². The van der Waals surface area contributed by atoms with Gasteiger partial charge in [-0.3, -0.25) is 4.79 Å². The molecule has 0 heterocycles. The molecule has 8 atom stereocenters. The van der Waals surface area contributed by atoms with Crippen LogP contribution in [0.25, 0.3) is 0 Å². The first kappa shape index (κ1) is 24.2. The Bertz CT molecular complexity index is 657. The molecule has 31 heavy (non-hydrogen) atoms. The zero-order chi connectivity index (χ0) is 22.4. The van der Waals surface area contributed by atoms with Crippen molar-refractivity contribution in [3.05, 3.63) is 0 Å². The Balaban J connectivity index is 1.52. The minimum atomic E-state index is 0.244. The van der Waals surface area contributed by atoms with Crippen LogP contribution in [0.2, 0.25) is 0 Å². The summed E-state index contributed by atoms with van der Waals surface area (Å²) in [5.41, 5.74) is 0.962. The lowest BCUT2D eigenvalue weighted by atomic mass is 9.44. The number of carbonyl (C=O) groups excluding carboxylic acids is 1. The van der Waals surface area contributed by atoms with Crippen LogP contribution < -0.4 is 0 Å². The van der Waals surface area contributed by atoms with Crippen molar-refractivity contribution in [2.45, 2.75) is 130 Å². The first-order valence-electron chi connectivity index (χ1n) is 13.8. The van der Waals surface area contributed by atoms with Crippen molar-refractivity contribution in [1.82, 2.24) is 0 Å². The number of hydrogen-bond donors (Lipinski definition) is 0. The Labute approximate surface area is 197 Å². The maximum Gasteiger partial charge on any atom is 0.186 e. The van der Waals surface area contributed by atoms with Crippen molar-refractivity contribution in [1.29, 1.82) is 0 Å². The maximum atomic E-state index is 12.3. The van der Waals surface area contributed by atoms with Crippen LogP contribution in [0, 0.1) is 46.3 Å². The van der Waals surface area contributed by atoms with Gasteiger partial charge in [-0.25, -0.2) is 0 Å². The number of fused-ring (bicyclic) bond motifs is 5. The summed E-state index contributed by atoms with van der Waals surface area (Å²) in [5.74, 6) is 5.43. The Kier molecular flexibility index (Phi) is 7.01. The second-order valence-electron chi connectivity index (χ2n) is 13.2. The Morgan fingerprint density at radius 1 is 0.903 bits per heavy atom. The molecule has 0 radical (unpaired) electrons. The van der Waals surface area contributed by atoms with Crippen LogP contribution in [0.15, 0.2) is 0 Å². The van der Waals surface area contributed by atoms with Gasteiger partial charge in [0.25, 0.3) is 0 Å². The van der Waals surface area contributed by atoms with E-state index < -0.39 is 0 Å². The topological polar surface area (TPSA) is 17.1 Å². The molecule has 0 unspecified atom stereocenters. The normalized spacial score (nSPS) is 45.6. The highest BCUT2D eigenvalue weighted by atomic mass is 32.2. The van der Waals surface area contributed by atoms with Crippen molar-refractivity contribution in [2.24, 2.45) is 46.3 Å². The second-order valence-corrected chi connectivity index (χ2v) is 14.7. The molecule has 0 spiro atoms. The summed E-state index contributed by atoms with van der Waals surface area (Å²) in [5, 5.41) is 0.364. The summed E-state index contributed by atoms with van der Waals surface area (Å²) < 4.78 is 0.244. The molecule has 4 aliphatic carbocycles. The lowest BCUT2D eigenvalue weighted by molar-refractivity contribution is -0.112. The van der Waals surface area contributed by atoms with Gasteiger partial charge in [-0.15, -0.1) is 0 Å². The summed E-state index contributed by atoms with van der Waals surface area (Å²) in [4.78, 5) is 12.3. The van der Waals surface area contributed by atoms with Crippen LogP contribution in [-0.2, 0) is 4.79 Å². The molecule has 0 aliphatic heterocycles. The molecule has 1 nitrogen and oxygen atoms in total. The van der Waals surface area contributed by atoms with Gasteiger partial charge in [0.2, 0.25) is 0 Å². The lowest BCUT2D eigenvalue weighted by Crippen LogP contribution is -2.60. The monoisotopic (exact) mass is 446 g/mol.